The summed E-state index contributed by atoms with van der Waals surface area (Å²) < 4.78 is 1.25. The topological polar surface area (TPSA) is 60.5 Å². The van der Waals surface area contributed by atoms with Gasteiger partial charge < -0.3 is 4.90 Å². The van der Waals surface area contributed by atoms with E-state index in [1.165, 1.54) is 27.4 Å². The van der Waals surface area contributed by atoms with Crippen molar-refractivity contribution in [2.75, 3.05) is 6.54 Å². The van der Waals surface area contributed by atoms with E-state index in [9.17, 15) is 10.1 Å². The molecule has 2 heterocycles. The molecule has 5 nitrogen and oxygen atoms in total. The molecule has 0 saturated carbocycles. The van der Waals surface area contributed by atoms with E-state index in [0.717, 1.165) is 30.6 Å². The molecule has 0 aliphatic carbocycles. The normalized spacial score (nSPS) is 20.6. The summed E-state index contributed by atoms with van der Waals surface area (Å²) in [5, 5.41) is 12.0. The van der Waals surface area contributed by atoms with Crippen LogP contribution in [-0.4, -0.2) is 16.5 Å². The van der Waals surface area contributed by atoms with E-state index < -0.39 is 0 Å². The lowest BCUT2D eigenvalue weighted by atomic mass is 10.0. The van der Waals surface area contributed by atoms with Gasteiger partial charge in [-0.3, -0.25) is 10.1 Å². The Balaban J connectivity index is 1.57. The number of hydrogen-bond acceptors (Lipinski definition) is 4. The van der Waals surface area contributed by atoms with Crippen LogP contribution in [-0.2, 0) is 6.54 Å². The maximum Gasteiger partial charge on any atom is 0.269 e. The minimum Gasteiger partial charge on any atom is -0.323 e. The highest BCUT2D eigenvalue weighted by atomic mass is 32.1. The van der Waals surface area contributed by atoms with Gasteiger partial charge in [-0.05, 0) is 37.1 Å². The highest BCUT2D eigenvalue weighted by Crippen LogP contribution is 2.28. The monoisotopic (exact) mass is 354 g/mol. The predicted octanol–water partition coefficient (Wildman–Crippen LogP) is 3.51. The largest absolute Gasteiger partial charge is 0.323 e. The number of nitro groups is 1. The van der Waals surface area contributed by atoms with Gasteiger partial charge in [0, 0.05) is 24.1 Å². The Morgan fingerprint density at radius 2 is 1.96 bits per heavy atom. The zero-order chi connectivity index (χ0) is 17.2. The van der Waals surface area contributed by atoms with Crippen molar-refractivity contribution in [3.05, 3.63) is 69.2 Å². The molecular formula is C19H20N3O2S+. The van der Waals surface area contributed by atoms with E-state index in [2.05, 4.69) is 18.2 Å². The van der Waals surface area contributed by atoms with Crippen LogP contribution in [0.2, 0.25) is 0 Å². The first-order valence-electron chi connectivity index (χ1n) is 8.64. The first-order chi connectivity index (χ1) is 12.2. The fourth-order valence-corrected chi connectivity index (χ4v) is 4.79. The Kier molecular flexibility index (Phi) is 4.46. The molecule has 1 saturated heterocycles. The molecule has 1 fully saturated rings. The van der Waals surface area contributed by atoms with Crippen molar-refractivity contribution < 1.29 is 9.82 Å². The van der Waals surface area contributed by atoms with E-state index in [0.29, 0.717) is 6.04 Å². The number of hydrogen-bond donors (Lipinski definition) is 1. The number of likely N-dealkylation sites (tertiary alicyclic amines) is 1. The Morgan fingerprint density at radius 1 is 1.16 bits per heavy atom. The van der Waals surface area contributed by atoms with Gasteiger partial charge in [0.1, 0.15) is 12.6 Å². The molecule has 2 aromatic carbocycles. The first-order valence-corrected chi connectivity index (χ1v) is 9.46. The van der Waals surface area contributed by atoms with Crippen LogP contribution < -0.4 is 4.90 Å². The number of nitro benzene ring substituents is 1. The molecule has 4 rings (SSSR count). The summed E-state index contributed by atoms with van der Waals surface area (Å²) in [7, 11) is 0. The number of thiazole rings is 1. The number of nitrogens with one attached hydrogen (secondary N) is 1. The lowest BCUT2D eigenvalue weighted by molar-refractivity contribution is -0.950. The SMILES string of the molecule is O=[N+]([O-])c1ccc(C[NH+]2CCCC[C@H]2c2nc3ccccc3s2)cc1. The number of fused-ring (bicyclic) bond motifs is 1. The third kappa shape index (κ3) is 3.41. The van der Waals surface area contributed by atoms with Gasteiger partial charge in [0.2, 0.25) is 0 Å². The zero-order valence-electron chi connectivity index (χ0n) is 13.9. The van der Waals surface area contributed by atoms with Crippen molar-refractivity contribution in [3.8, 4) is 0 Å². The van der Waals surface area contributed by atoms with Crippen molar-refractivity contribution in [1.29, 1.82) is 0 Å². The summed E-state index contributed by atoms with van der Waals surface area (Å²) in [6.07, 6.45) is 3.62. The van der Waals surface area contributed by atoms with Crippen LogP contribution in [0, 0.1) is 10.1 Å². The number of para-hydroxylation sites is 1. The maximum atomic E-state index is 10.8. The lowest BCUT2D eigenvalue weighted by Gasteiger charge is -2.31. The second-order valence-electron chi connectivity index (χ2n) is 6.58. The standard InChI is InChI=1S/C19H19N3O2S/c23-22(24)15-10-8-14(9-11-15)13-21-12-4-3-6-17(21)19-20-16-5-1-2-7-18(16)25-19/h1-2,5,7-11,17H,3-4,6,12-13H2/p+1/t17-/m0/s1. The number of quaternary nitrogens is 1. The van der Waals surface area contributed by atoms with Gasteiger partial charge in [-0.2, -0.15) is 0 Å². The summed E-state index contributed by atoms with van der Waals surface area (Å²) in [5.41, 5.74) is 2.39. The molecule has 25 heavy (non-hydrogen) atoms. The van der Waals surface area contributed by atoms with Crippen LogP contribution in [0.15, 0.2) is 48.5 Å². The van der Waals surface area contributed by atoms with E-state index in [4.69, 9.17) is 4.98 Å². The number of aromatic nitrogens is 1. The molecule has 1 aromatic heterocycles. The van der Waals surface area contributed by atoms with Crippen LogP contribution in [0.25, 0.3) is 10.2 Å². The Bertz CT molecular complexity index is 858. The molecule has 1 unspecified atom stereocenters. The number of rotatable bonds is 4. The van der Waals surface area contributed by atoms with E-state index in [-0.39, 0.29) is 10.6 Å². The minimum atomic E-state index is -0.346. The second kappa shape index (κ2) is 6.90. The summed E-state index contributed by atoms with van der Waals surface area (Å²) in [5.74, 6) is 0. The molecule has 0 bridgehead atoms. The van der Waals surface area contributed by atoms with E-state index in [1.54, 1.807) is 23.5 Å². The summed E-state index contributed by atoms with van der Waals surface area (Å²) >= 11 is 1.80. The number of benzene rings is 2. The van der Waals surface area contributed by atoms with Gasteiger partial charge in [-0.15, -0.1) is 11.3 Å². The summed E-state index contributed by atoms with van der Waals surface area (Å²) in [6, 6.07) is 15.7. The van der Waals surface area contributed by atoms with E-state index in [1.807, 2.05) is 18.2 Å². The molecular weight excluding hydrogens is 334 g/mol. The van der Waals surface area contributed by atoms with Crippen LogP contribution in [0.3, 0.4) is 0 Å². The average molecular weight is 354 g/mol. The summed E-state index contributed by atoms with van der Waals surface area (Å²) in [6.45, 7) is 2.01. The molecule has 0 amide bonds. The quantitative estimate of drug-likeness (QED) is 0.576. The van der Waals surface area contributed by atoms with Gasteiger partial charge in [0.05, 0.1) is 21.7 Å². The predicted molar refractivity (Wildman–Crippen MR) is 98.8 cm³/mol. The fraction of sp³-hybridized carbons (Fsp3) is 0.316. The van der Waals surface area contributed by atoms with Crippen molar-refractivity contribution in [3.63, 3.8) is 0 Å². The molecule has 1 N–H and O–H groups in total. The van der Waals surface area contributed by atoms with Gasteiger partial charge in [-0.25, -0.2) is 4.98 Å². The number of piperidine rings is 1. The minimum absolute atomic E-state index is 0.153. The molecule has 3 aromatic rings. The first kappa shape index (κ1) is 16.2. The van der Waals surface area contributed by atoms with Crippen LogP contribution >= 0.6 is 11.3 Å². The number of nitrogens with zero attached hydrogens (tertiary/aromatic N) is 2. The lowest BCUT2D eigenvalue weighted by Crippen LogP contribution is -3.11. The van der Waals surface area contributed by atoms with Crippen LogP contribution in [0.5, 0.6) is 0 Å². The van der Waals surface area contributed by atoms with Gasteiger partial charge in [-0.1, -0.05) is 12.1 Å². The van der Waals surface area contributed by atoms with Crippen molar-refractivity contribution in [2.24, 2.45) is 0 Å². The van der Waals surface area contributed by atoms with E-state index >= 15 is 0 Å². The molecule has 2 atom stereocenters. The maximum absolute atomic E-state index is 10.8. The van der Waals surface area contributed by atoms with Gasteiger partial charge in [0.25, 0.3) is 5.69 Å². The zero-order valence-corrected chi connectivity index (χ0v) is 14.7. The summed E-state index contributed by atoms with van der Waals surface area (Å²) in [4.78, 5) is 16.9. The van der Waals surface area contributed by atoms with Gasteiger partial charge in [0.15, 0.2) is 5.01 Å². The molecule has 0 radical (unpaired) electrons. The second-order valence-corrected chi connectivity index (χ2v) is 7.64. The average Bonchev–Trinajstić information content (AvgIpc) is 3.06. The Hall–Kier alpha value is -2.31. The Morgan fingerprint density at radius 3 is 2.72 bits per heavy atom. The molecule has 128 valence electrons. The third-order valence-corrected chi connectivity index (χ3v) is 6.07. The van der Waals surface area contributed by atoms with Crippen LogP contribution in [0.4, 0.5) is 5.69 Å². The molecule has 6 heteroatoms. The highest BCUT2D eigenvalue weighted by Gasteiger charge is 2.30. The molecule has 1 aliphatic heterocycles. The molecule has 1 aliphatic rings. The Labute approximate surface area is 150 Å². The van der Waals surface area contributed by atoms with Crippen molar-refractivity contribution >= 4 is 27.2 Å². The highest BCUT2D eigenvalue weighted by molar-refractivity contribution is 7.18. The van der Waals surface area contributed by atoms with Gasteiger partial charge >= 0.3 is 0 Å². The molecule has 0 spiro atoms. The van der Waals surface area contributed by atoms with Crippen molar-refractivity contribution in [2.45, 2.75) is 31.8 Å². The fourth-order valence-electron chi connectivity index (χ4n) is 3.63. The van der Waals surface area contributed by atoms with Crippen LogP contribution in [0.1, 0.15) is 35.9 Å². The third-order valence-electron chi connectivity index (χ3n) is 4.92. The van der Waals surface area contributed by atoms with Crippen molar-refractivity contribution in [1.82, 2.24) is 4.98 Å². The number of non-ortho nitro benzene ring substituents is 1. The smallest absolute Gasteiger partial charge is 0.269 e.